The molecule has 0 atom stereocenters. The van der Waals surface area contributed by atoms with Gasteiger partial charge in [0.2, 0.25) is 11.5 Å². The average Bonchev–Trinajstić information content (AvgIpc) is 1.53. The number of rotatable bonds is 10. The van der Waals surface area contributed by atoms with Crippen LogP contribution < -0.4 is 40.8 Å². The number of hydrogen-bond acceptors (Lipinski definition) is 8. The molecule has 0 aliphatic heterocycles. The molecule has 9 aromatic rings. The van der Waals surface area contributed by atoms with Crippen molar-refractivity contribution in [3.63, 3.8) is 0 Å². The summed E-state index contributed by atoms with van der Waals surface area (Å²) in [4.78, 5) is 10.8. The minimum absolute atomic E-state index is 0.000699. The van der Waals surface area contributed by atoms with Gasteiger partial charge in [0.1, 0.15) is 166 Å². The highest BCUT2D eigenvalue weighted by molar-refractivity contribution is 8.46. The van der Waals surface area contributed by atoms with Gasteiger partial charge in [-0.1, -0.05) is 38.9 Å². The van der Waals surface area contributed by atoms with E-state index in [0.717, 1.165) is 50.3 Å². The van der Waals surface area contributed by atoms with Crippen LogP contribution in [0.5, 0.6) is 11.5 Å². The van der Waals surface area contributed by atoms with Crippen molar-refractivity contribution in [2.24, 2.45) is 0 Å². The van der Waals surface area contributed by atoms with Gasteiger partial charge in [-0.15, -0.1) is 26.3 Å². The van der Waals surface area contributed by atoms with Crippen LogP contribution in [0.25, 0.3) is 62.5 Å². The number of benzene rings is 9. The van der Waals surface area contributed by atoms with E-state index in [2.05, 4.69) is 38.5 Å². The van der Waals surface area contributed by atoms with E-state index in [1.54, 1.807) is 18.2 Å². The zero-order chi connectivity index (χ0) is 108. The highest BCUT2D eigenvalue weighted by Crippen LogP contribution is 3.04. The van der Waals surface area contributed by atoms with Gasteiger partial charge in [0.15, 0.2) is 23.3 Å². The van der Waals surface area contributed by atoms with Crippen LogP contribution in [0.15, 0.2) is 162 Å². The summed E-state index contributed by atoms with van der Waals surface area (Å²) in [5, 5.41) is 51.6. The smallest absolute Gasteiger partial charge is 0.399 e. The monoisotopic (exact) mass is 2080 g/mol. The summed E-state index contributed by atoms with van der Waals surface area (Å²) >= 11 is 0. The van der Waals surface area contributed by atoms with E-state index in [1.165, 1.54) is 25.1 Å². The van der Waals surface area contributed by atoms with Crippen molar-refractivity contribution in [1.29, 1.82) is 31.6 Å². The number of nitriles is 6. The highest BCUT2D eigenvalue weighted by atomic mass is 32.5. The maximum absolute atomic E-state index is 16.6. The highest BCUT2D eigenvalue weighted by Gasteiger charge is 2.73. The Balaban J connectivity index is 0.000000184. The van der Waals surface area contributed by atoms with Crippen molar-refractivity contribution in [2.45, 2.75) is 88.0 Å². The third kappa shape index (κ3) is 18.9. The Hall–Kier alpha value is -17.5. The first-order valence-electron chi connectivity index (χ1n) is 39.2. The lowest BCUT2D eigenvalue weighted by molar-refractivity contribution is -0.277. The number of hydrogen-bond donors (Lipinski definition) is 0. The van der Waals surface area contributed by atoms with Crippen LogP contribution in [-0.4, -0.2) is 12.7 Å². The zero-order valence-electron chi connectivity index (χ0n) is 71.3. The normalized spacial score (nSPS) is 14.7. The topological polar surface area (TPSA) is 187 Å². The van der Waals surface area contributed by atoms with E-state index in [0.29, 0.717) is 28.5 Å². The molecular weight excluding hydrogens is 2040 g/mol. The summed E-state index contributed by atoms with van der Waals surface area (Å²) in [5.74, 6) is -29.0. The predicted molar refractivity (Wildman–Crippen MR) is 443 cm³/mol. The molecule has 6 aliphatic carbocycles. The molecule has 0 saturated heterocycles. The number of nitrogens with zero attached hydrogens (tertiary/aromatic N) is 12. The van der Waals surface area contributed by atoms with Crippen molar-refractivity contribution in [3.05, 3.63) is 423 Å². The number of fused-ring (bicyclic) bond motifs is 6. The Kier molecular flexibility index (Phi) is 25.3. The van der Waals surface area contributed by atoms with Crippen LogP contribution in [0.1, 0.15) is 89.0 Å². The molecule has 145 heavy (non-hydrogen) atoms. The first-order chi connectivity index (χ1) is 67.1. The second-order valence-corrected chi connectivity index (χ2v) is 36.3. The molecule has 0 N–H and O–H groups in total. The molecular formula is C96H35F33N12O2S2. The molecule has 0 amide bonds. The quantitative estimate of drug-likeness (QED) is 0.0735. The molecule has 9 aromatic carbocycles. The van der Waals surface area contributed by atoms with Crippen molar-refractivity contribution >= 4 is 53.9 Å². The fourth-order valence-electron chi connectivity index (χ4n) is 17.5. The van der Waals surface area contributed by atoms with E-state index in [9.17, 15) is 115 Å². The molecule has 0 aromatic heterocycles. The summed E-state index contributed by atoms with van der Waals surface area (Å²) in [6.07, 6.45) is -22.6. The standard InChI is InChI=1S/C32H11F17N4OS2.C32H11F9N4.C32H13F7N4O/c1-12-20(33)4-13(5-21(12)34)25-19(31(52-2)53-3)9-18-27(25)29(55(40,41,42,43)44)17-8-16(15(10-50)11-51)24(26(17)30(18)56(45,46,47,48)49)14-6-22(35)28(23(36)7-14)54-32(37,38)39;1-12-20(33)4-13(5-21(12)34)25-19(31(44-2)45-3)9-18-27(25)29(37)17-8-16(15(10-42)11-43)24(26(17)30(18)38)14-6-22(35)28(23(36)7-14)32(39,40)41;1-14-24(33)8-17(9-25(14)34)29-21-4-15-6-22(19(12-40)13-41)28(20(15)5-16(21)7-23(29)31(42-2)43-3)18-10-26(35)30(27(36)11-18)44-32(37,38)39/h4-7H,8-9H2,1H3;4-7H,8-9H2,1H3;4-5,8-11H,6-7H2,1H3. The van der Waals surface area contributed by atoms with Gasteiger partial charge >= 0.3 is 56.8 Å². The Bertz CT molecular complexity index is 8590. The van der Waals surface area contributed by atoms with Crippen LogP contribution in [0.4, 0.5) is 140 Å². The van der Waals surface area contributed by atoms with Crippen molar-refractivity contribution in [2.75, 3.05) is 0 Å². The molecule has 14 nitrogen and oxygen atoms in total. The minimum Gasteiger partial charge on any atom is -0.399 e. The van der Waals surface area contributed by atoms with E-state index in [4.69, 9.17) is 39.4 Å². The van der Waals surface area contributed by atoms with E-state index in [-0.39, 0.29) is 104 Å². The summed E-state index contributed by atoms with van der Waals surface area (Å²) in [7, 11) is -23.6. The van der Waals surface area contributed by atoms with Gasteiger partial charge in [-0.25, -0.2) is 61.5 Å². The summed E-state index contributed by atoms with van der Waals surface area (Å²) in [6, 6.07) is 16.2. The Morgan fingerprint density at radius 3 is 0.772 bits per heavy atom. The molecule has 15 rings (SSSR count). The Morgan fingerprint density at radius 2 is 0.503 bits per heavy atom. The van der Waals surface area contributed by atoms with Crippen LogP contribution in [0.3, 0.4) is 0 Å². The molecule has 0 fully saturated rings. The fourth-order valence-corrected chi connectivity index (χ4v) is 20.0. The predicted octanol–water partition coefficient (Wildman–Crippen LogP) is 24.8. The Labute approximate surface area is 790 Å². The second-order valence-electron chi connectivity index (χ2n) is 31.6. The maximum atomic E-state index is 16.6. The molecule has 0 bridgehead atoms. The molecule has 0 spiro atoms. The SMILES string of the molecule is [C-]#[N+]C([N+]#[C-])=C1Cc2c(F)c3c(c(F)c2=C1c1cc(F)c(C)c(F)c1)CC(=C(C#N)C#N)C=3c1cc(F)c(C(F)(F)F)c(F)c1.[C-]#[N+]C([N+]#[C-])=C1Cc2c(S(F)(F)(F)(F)F)c3c(c(S(F)(F)(F)(F)F)c2=C1c1cc(F)c(C)c(F)c1)CC(=C(C#N)C#N)C=3c1cc(F)c(OC(F)(F)F)c(F)c1.[C-]#[N+]C([N+]#[C-])=C1Cc2cc3c(cc2=C1c1cc(F)c(C)c(F)c1)CC(=C(C#N)C#N)C=3c1cc(F)c(OC(F)(F)F)c(F)c1. The van der Waals surface area contributed by atoms with Crippen molar-refractivity contribution in [3.8, 4) is 47.9 Å². The fraction of sp³-hybridized carbons (Fsp3) is 0.125. The van der Waals surface area contributed by atoms with Crippen LogP contribution in [0, 0.1) is 210 Å². The van der Waals surface area contributed by atoms with Gasteiger partial charge in [0.05, 0.1) is 16.7 Å². The second kappa shape index (κ2) is 35.0. The molecule has 0 radical (unpaired) electrons. The van der Waals surface area contributed by atoms with Gasteiger partial charge in [0, 0.05) is 74.4 Å². The maximum Gasteiger partial charge on any atom is 0.573 e. The van der Waals surface area contributed by atoms with Crippen LogP contribution in [0.2, 0.25) is 0 Å². The van der Waals surface area contributed by atoms with Crippen LogP contribution >= 0.6 is 20.4 Å². The lowest BCUT2D eigenvalue weighted by Gasteiger charge is -2.45. The lowest BCUT2D eigenvalue weighted by Crippen LogP contribution is -2.34. The number of alkyl halides is 9. The summed E-state index contributed by atoms with van der Waals surface area (Å²) in [5.41, 5.74) is -24.3. The first kappa shape index (κ1) is 105. The van der Waals surface area contributed by atoms with Crippen LogP contribution in [-0.2, 0) is 44.7 Å². The number of halogens is 33. The third-order valence-corrected chi connectivity index (χ3v) is 25.6. The summed E-state index contributed by atoms with van der Waals surface area (Å²) in [6.45, 7) is 47.3. The van der Waals surface area contributed by atoms with Crippen molar-refractivity contribution in [1.82, 2.24) is 0 Å². The molecule has 6 aliphatic rings. The average molecular weight is 2080 g/mol. The van der Waals surface area contributed by atoms with Gasteiger partial charge < -0.3 is 9.47 Å². The van der Waals surface area contributed by atoms with Gasteiger partial charge in [-0.2, -0.15) is 73.8 Å². The van der Waals surface area contributed by atoms with Gasteiger partial charge in [-0.05, 0) is 235 Å². The lowest BCUT2D eigenvalue weighted by atomic mass is 9.94. The van der Waals surface area contributed by atoms with E-state index < -0.39 is 318 Å². The van der Waals surface area contributed by atoms with Gasteiger partial charge in [-0.3, -0.25) is 0 Å². The molecule has 0 heterocycles. The molecule has 0 unspecified atom stereocenters. The Morgan fingerprint density at radius 1 is 0.290 bits per heavy atom. The minimum atomic E-state index is -11.8. The summed E-state index contributed by atoms with van der Waals surface area (Å²) < 4.78 is 488. The molecule has 49 heteroatoms. The first-order valence-corrected chi connectivity index (χ1v) is 43.1. The third-order valence-electron chi connectivity index (χ3n) is 23.1. The van der Waals surface area contributed by atoms with Gasteiger partial charge in [0.25, 0.3) is 0 Å². The van der Waals surface area contributed by atoms with Crippen molar-refractivity contribution < 1.29 is 149 Å². The van der Waals surface area contributed by atoms with E-state index in [1.807, 2.05) is 0 Å². The van der Waals surface area contributed by atoms with E-state index >= 15 is 56.4 Å². The largest absolute Gasteiger partial charge is 0.573 e. The molecule has 734 valence electrons. The zero-order valence-corrected chi connectivity index (χ0v) is 72.9. The molecule has 0 saturated carbocycles. The number of allylic oxidation sites excluding steroid dienone is 9. The number of ether oxygens (including phenoxy) is 2.